The Labute approximate surface area is 216 Å². The molecule has 1 unspecified atom stereocenters. The number of hydrogen-bond acceptors (Lipinski definition) is 9. The second kappa shape index (κ2) is 10.1. The normalized spacial score (nSPS) is 11.8. The number of nitrogens with one attached hydrogen (secondary N) is 2. The lowest BCUT2D eigenvalue weighted by Gasteiger charge is -2.20. The van der Waals surface area contributed by atoms with Crippen LogP contribution < -0.4 is 26.2 Å². The first-order valence-corrected chi connectivity index (χ1v) is 11.5. The lowest BCUT2D eigenvalue weighted by atomic mass is 10.0. The first-order valence-electron chi connectivity index (χ1n) is 11.5. The van der Waals surface area contributed by atoms with Gasteiger partial charge < -0.3 is 25.0 Å². The maximum absolute atomic E-state index is 15.4. The minimum absolute atomic E-state index is 0.155. The zero-order valence-corrected chi connectivity index (χ0v) is 20.7. The average Bonchev–Trinajstić information content (AvgIpc) is 3.53. The molecule has 5 aromatic rings. The molecule has 0 radical (unpaired) electrons. The van der Waals surface area contributed by atoms with Gasteiger partial charge in [0.05, 0.1) is 25.6 Å². The van der Waals surface area contributed by atoms with Crippen LogP contribution in [0.5, 0.6) is 11.5 Å². The van der Waals surface area contributed by atoms with Gasteiger partial charge in [-0.25, -0.2) is 9.18 Å². The second-order valence-electron chi connectivity index (χ2n) is 8.31. The van der Waals surface area contributed by atoms with Gasteiger partial charge >= 0.3 is 5.69 Å². The number of aromatic nitrogens is 5. The predicted molar refractivity (Wildman–Crippen MR) is 138 cm³/mol. The van der Waals surface area contributed by atoms with Crippen LogP contribution in [0.2, 0.25) is 0 Å². The van der Waals surface area contributed by atoms with Crippen LogP contribution >= 0.6 is 0 Å². The lowest BCUT2D eigenvalue weighted by molar-refractivity contribution is 0.351. The highest BCUT2D eigenvalue weighted by Gasteiger charge is 2.26. The summed E-state index contributed by atoms with van der Waals surface area (Å²) in [7, 11) is 2.87. The summed E-state index contributed by atoms with van der Waals surface area (Å²) in [6.07, 6.45) is 0. The van der Waals surface area contributed by atoms with E-state index in [0.29, 0.717) is 34.5 Å². The van der Waals surface area contributed by atoms with Crippen molar-refractivity contribution in [2.45, 2.75) is 13.0 Å². The fourth-order valence-electron chi connectivity index (χ4n) is 4.00. The summed E-state index contributed by atoms with van der Waals surface area (Å²) in [6.45, 7) is 1.71. The van der Waals surface area contributed by atoms with Gasteiger partial charge in [0.25, 0.3) is 0 Å². The van der Waals surface area contributed by atoms with Crippen LogP contribution in [0.15, 0.2) is 70.0 Å². The first-order chi connectivity index (χ1) is 18.4. The number of ether oxygens (including phenoxy) is 2. The van der Waals surface area contributed by atoms with Crippen molar-refractivity contribution in [2.75, 3.05) is 25.3 Å². The van der Waals surface area contributed by atoms with Gasteiger partial charge in [0.2, 0.25) is 11.7 Å². The molecule has 2 heterocycles. The van der Waals surface area contributed by atoms with Gasteiger partial charge in [-0.3, -0.25) is 4.98 Å². The third-order valence-electron chi connectivity index (χ3n) is 5.87. The number of hydrogen-bond donors (Lipinski definition) is 3. The number of aromatic amines is 1. The first kappa shape index (κ1) is 24.6. The van der Waals surface area contributed by atoms with Crippen LogP contribution in [0.25, 0.3) is 17.1 Å². The van der Waals surface area contributed by atoms with Crippen molar-refractivity contribution >= 4 is 11.4 Å². The van der Waals surface area contributed by atoms with Crippen LogP contribution in [0.4, 0.5) is 15.8 Å². The van der Waals surface area contributed by atoms with E-state index in [1.165, 1.54) is 26.4 Å². The summed E-state index contributed by atoms with van der Waals surface area (Å²) in [5.41, 5.74) is 7.80. The Bertz CT molecular complexity index is 1640. The quantitative estimate of drug-likeness (QED) is 0.261. The molecule has 0 saturated heterocycles. The minimum atomic E-state index is -0.924. The smallest absolute Gasteiger partial charge is 0.348 e. The zero-order chi connectivity index (χ0) is 26.8. The van der Waals surface area contributed by atoms with Crippen molar-refractivity contribution in [1.29, 1.82) is 0 Å². The van der Waals surface area contributed by atoms with E-state index in [-0.39, 0.29) is 17.1 Å². The SMILES string of the molecule is COc1cc(F)c(C(Nc2ccc(-c3noc(C)n3)cc2)c2nn(-c3ccccc3N)c(=O)[nH]2)cc1OC. The summed E-state index contributed by atoms with van der Waals surface area (Å²) in [6, 6.07) is 15.7. The highest BCUT2D eigenvalue weighted by Crippen LogP contribution is 2.35. The fourth-order valence-corrected chi connectivity index (χ4v) is 4.00. The Balaban J connectivity index is 1.58. The van der Waals surface area contributed by atoms with Gasteiger partial charge in [-0.05, 0) is 42.5 Å². The molecule has 12 heteroatoms. The second-order valence-corrected chi connectivity index (χ2v) is 8.31. The zero-order valence-electron chi connectivity index (χ0n) is 20.7. The van der Waals surface area contributed by atoms with Gasteiger partial charge in [-0.2, -0.15) is 9.67 Å². The summed E-state index contributed by atoms with van der Waals surface area (Å²) in [4.78, 5) is 19.8. The molecule has 1 atom stereocenters. The van der Waals surface area contributed by atoms with E-state index in [1.807, 2.05) is 0 Å². The maximum Gasteiger partial charge on any atom is 0.348 e. The number of nitrogens with zero attached hydrogens (tertiary/aromatic N) is 4. The monoisotopic (exact) mass is 517 g/mol. The Morgan fingerprint density at radius 3 is 2.45 bits per heavy atom. The molecule has 0 aliphatic carbocycles. The number of para-hydroxylation sites is 2. The Morgan fingerprint density at radius 2 is 1.79 bits per heavy atom. The topological polar surface area (TPSA) is 146 Å². The summed E-state index contributed by atoms with van der Waals surface area (Å²) >= 11 is 0. The molecule has 0 aliphatic rings. The lowest BCUT2D eigenvalue weighted by Crippen LogP contribution is -2.17. The Kier molecular flexibility index (Phi) is 6.52. The van der Waals surface area contributed by atoms with E-state index in [1.54, 1.807) is 55.5 Å². The number of nitrogens with two attached hydrogens (primary N) is 1. The Hall–Kier alpha value is -5.13. The van der Waals surface area contributed by atoms with E-state index >= 15 is 4.39 Å². The van der Waals surface area contributed by atoms with Crippen molar-refractivity contribution in [3.8, 4) is 28.6 Å². The van der Waals surface area contributed by atoms with Gasteiger partial charge in [0, 0.05) is 29.8 Å². The molecule has 38 heavy (non-hydrogen) atoms. The number of H-pyrrole nitrogens is 1. The van der Waals surface area contributed by atoms with E-state index in [4.69, 9.17) is 19.7 Å². The van der Waals surface area contributed by atoms with Crippen LogP contribution in [0.1, 0.15) is 23.3 Å². The number of rotatable bonds is 8. The standard InChI is InChI=1S/C26H24FN7O4/c1-14-29-24(33-38-14)15-8-10-16(11-9-15)30-23(17-12-21(36-2)22(37-3)13-18(17)27)25-31-26(35)34(32-25)20-7-5-4-6-19(20)28/h4-13,23,30H,28H2,1-3H3,(H,31,32,35). The van der Waals surface area contributed by atoms with Crippen LogP contribution in [0, 0.1) is 12.7 Å². The van der Waals surface area contributed by atoms with E-state index in [0.717, 1.165) is 10.2 Å². The van der Waals surface area contributed by atoms with E-state index in [9.17, 15) is 4.79 Å². The maximum atomic E-state index is 15.4. The molecule has 2 aromatic heterocycles. The molecule has 0 fully saturated rings. The largest absolute Gasteiger partial charge is 0.493 e. The average molecular weight is 518 g/mol. The van der Waals surface area contributed by atoms with Crippen molar-refractivity contribution in [2.24, 2.45) is 0 Å². The summed E-state index contributed by atoms with van der Waals surface area (Å²) in [5, 5.41) is 11.6. The molecule has 0 amide bonds. The molecule has 0 aliphatic heterocycles. The van der Waals surface area contributed by atoms with Crippen LogP contribution in [-0.4, -0.2) is 39.1 Å². The van der Waals surface area contributed by atoms with Crippen LogP contribution in [0.3, 0.4) is 0 Å². The number of benzene rings is 3. The van der Waals surface area contributed by atoms with E-state index in [2.05, 4.69) is 25.5 Å². The summed E-state index contributed by atoms with van der Waals surface area (Å²) in [5.74, 6) is 0.997. The number of methoxy groups -OCH3 is 2. The summed E-state index contributed by atoms with van der Waals surface area (Å²) < 4.78 is 32.2. The number of nitrogen functional groups attached to an aromatic ring is 1. The van der Waals surface area contributed by atoms with Crippen molar-refractivity contribution in [3.63, 3.8) is 0 Å². The minimum Gasteiger partial charge on any atom is -0.493 e. The molecular formula is C26H24FN7O4. The molecule has 194 valence electrons. The van der Waals surface area contributed by atoms with Crippen molar-refractivity contribution in [3.05, 3.63) is 94.2 Å². The number of halogens is 1. The predicted octanol–water partition coefficient (Wildman–Crippen LogP) is 3.86. The highest BCUT2D eigenvalue weighted by molar-refractivity contribution is 5.61. The van der Waals surface area contributed by atoms with Crippen molar-refractivity contribution in [1.82, 2.24) is 24.9 Å². The molecule has 5 rings (SSSR count). The van der Waals surface area contributed by atoms with Gasteiger partial charge in [0.1, 0.15) is 11.9 Å². The molecule has 11 nitrogen and oxygen atoms in total. The molecule has 0 saturated carbocycles. The molecule has 4 N–H and O–H groups in total. The van der Waals surface area contributed by atoms with Crippen LogP contribution in [-0.2, 0) is 0 Å². The molecule has 0 spiro atoms. The van der Waals surface area contributed by atoms with Gasteiger partial charge in [-0.15, -0.1) is 5.10 Å². The molecular weight excluding hydrogens is 493 g/mol. The fraction of sp³-hybridized carbons (Fsp3) is 0.154. The number of aryl methyl sites for hydroxylation is 1. The third kappa shape index (κ3) is 4.66. The van der Waals surface area contributed by atoms with Gasteiger partial charge in [0.15, 0.2) is 17.3 Å². The van der Waals surface area contributed by atoms with Crippen molar-refractivity contribution < 1.29 is 18.4 Å². The van der Waals surface area contributed by atoms with Gasteiger partial charge in [-0.1, -0.05) is 17.3 Å². The highest BCUT2D eigenvalue weighted by atomic mass is 19.1. The number of anilines is 2. The third-order valence-corrected chi connectivity index (χ3v) is 5.87. The van der Waals surface area contributed by atoms with E-state index < -0.39 is 17.5 Å². The molecule has 3 aromatic carbocycles. The molecule has 0 bridgehead atoms. The Morgan fingerprint density at radius 1 is 1.08 bits per heavy atom.